The molecule has 1 heterocycles. The minimum absolute atomic E-state index is 0.0739. The lowest BCUT2D eigenvalue weighted by atomic mass is 9.69. The highest BCUT2D eigenvalue weighted by Gasteiger charge is 2.73. The van der Waals surface area contributed by atoms with Crippen LogP contribution in [0.25, 0.3) is 6.08 Å². The third kappa shape index (κ3) is 1.13. The summed E-state index contributed by atoms with van der Waals surface area (Å²) in [5.74, 6) is 1.01. The van der Waals surface area contributed by atoms with Crippen molar-refractivity contribution in [1.82, 2.24) is 0 Å². The SMILES string of the molecule is CC(C)C12C=Cc3ccccc3C1(C(C)C)O2. The van der Waals surface area contributed by atoms with E-state index in [4.69, 9.17) is 4.74 Å². The van der Waals surface area contributed by atoms with E-state index in [1.807, 2.05) is 0 Å². The van der Waals surface area contributed by atoms with Gasteiger partial charge in [-0.1, -0.05) is 58.0 Å². The molecule has 0 N–H and O–H groups in total. The molecule has 0 amide bonds. The number of benzene rings is 1. The van der Waals surface area contributed by atoms with Gasteiger partial charge in [-0.15, -0.1) is 0 Å². The van der Waals surface area contributed by atoms with Gasteiger partial charge in [0, 0.05) is 0 Å². The molecule has 1 aliphatic heterocycles. The van der Waals surface area contributed by atoms with E-state index in [9.17, 15) is 0 Å². The van der Waals surface area contributed by atoms with E-state index in [1.165, 1.54) is 11.1 Å². The molecule has 0 radical (unpaired) electrons. The van der Waals surface area contributed by atoms with Gasteiger partial charge in [0.25, 0.3) is 0 Å². The molecule has 1 aliphatic carbocycles. The second-order valence-electron chi connectivity index (χ2n) is 5.86. The molecule has 1 heteroatoms. The lowest BCUT2D eigenvalue weighted by molar-refractivity contribution is 0.224. The largest absolute Gasteiger partial charge is 0.352 e. The first-order valence-electron chi connectivity index (χ1n) is 6.53. The highest BCUT2D eigenvalue weighted by molar-refractivity contribution is 5.65. The van der Waals surface area contributed by atoms with Crippen LogP contribution in [0.1, 0.15) is 38.8 Å². The summed E-state index contributed by atoms with van der Waals surface area (Å²) in [6, 6.07) is 8.63. The first-order valence-corrected chi connectivity index (χ1v) is 6.53. The van der Waals surface area contributed by atoms with Gasteiger partial charge in [-0.2, -0.15) is 0 Å². The van der Waals surface area contributed by atoms with Crippen molar-refractivity contribution in [2.24, 2.45) is 11.8 Å². The Morgan fingerprint density at radius 3 is 2.35 bits per heavy atom. The predicted octanol–water partition coefficient (Wildman–Crippen LogP) is 3.99. The maximum absolute atomic E-state index is 6.32. The molecule has 0 saturated carbocycles. The molecular weight excluding hydrogens is 208 g/mol. The Morgan fingerprint density at radius 1 is 1.00 bits per heavy atom. The summed E-state index contributed by atoms with van der Waals surface area (Å²) in [5, 5.41) is 0. The van der Waals surface area contributed by atoms with Crippen LogP contribution < -0.4 is 0 Å². The Morgan fingerprint density at radius 2 is 1.71 bits per heavy atom. The van der Waals surface area contributed by atoms with Gasteiger partial charge in [-0.05, 0) is 29.0 Å². The summed E-state index contributed by atoms with van der Waals surface area (Å²) in [7, 11) is 0. The number of epoxide rings is 1. The van der Waals surface area contributed by atoms with Crippen molar-refractivity contribution >= 4 is 6.08 Å². The Bertz CT molecular complexity index is 486. The van der Waals surface area contributed by atoms with Crippen molar-refractivity contribution in [2.45, 2.75) is 38.9 Å². The number of ether oxygens (including phenoxy) is 1. The molecule has 0 aromatic heterocycles. The average molecular weight is 228 g/mol. The van der Waals surface area contributed by atoms with Crippen molar-refractivity contribution in [3.63, 3.8) is 0 Å². The quantitative estimate of drug-likeness (QED) is 0.697. The normalized spacial score (nSPS) is 33.8. The summed E-state index contributed by atoms with van der Waals surface area (Å²) in [6.45, 7) is 9.03. The zero-order chi connectivity index (χ0) is 12.3. The van der Waals surface area contributed by atoms with Crippen LogP contribution in [-0.2, 0) is 10.3 Å². The molecule has 3 rings (SSSR count). The molecule has 17 heavy (non-hydrogen) atoms. The van der Waals surface area contributed by atoms with Crippen LogP contribution in [0.2, 0.25) is 0 Å². The van der Waals surface area contributed by atoms with Crippen molar-refractivity contribution in [3.8, 4) is 0 Å². The zero-order valence-corrected chi connectivity index (χ0v) is 11.0. The fraction of sp³-hybridized carbons (Fsp3) is 0.500. The highest BCUT2D eigenvalue weighted by atomic mass is 16.6. The van der Waals surface area contributed by atoms with Crippen LogP contribution in [-0.4, -0.2) is 5.60 Å². The second-order valence-corrected chi connectivity index (χ2v) is 5.86. The van der Waals surface area contributed by atoms with Crippen LogP contribution in [0.3, 0.4) is 0 Å². The first kappa shape index (κ1) is 11.0. The maximum atomic E-state index is 6.32. The first-order chi connectivity index (χ1) is 8.04. The zero-order valence-electron chi connectivity index (χ0n) is 11.0. The van der Waals surface area contributed by atoms with Gasteiger partial charge in [0.15, 0.2) is 0 Å². The van der Waals surface area contributed by atoms with Crippen molar-refractivity contribution < 1.29 is 4.74 Å². The molecule has 1 fully saturated rings. The molecule has 1 aromatic rings. The van der Waals surface area contributed by atoms with E-state index in [-0.39, 0.29) is 11.2 Å². The van der Waals surface area contributed by atoms with Gasteiger partial charge < -0.3 is 4.74 Å². The Kier molecular flexibility index (Phi) is 2.10. The highest BCUT2D eigenvalue weighted by Crippen LogP contribution is 2.66. The third-order valence-corrected chi connectivity index (χ3v) is 4.41. The summed E-state index contributed by atoms with van der Waals surface area (Å²) in [5.41, 5.74) is 2.52. The smallest absolute Gasteiger partial charge is 0.130 e. The molecule has 2 atom stereocenters. The van der Waals surface area contributed by atoms with Gasteiger partial charge in [0.05, 0.1) is 0 Å². The van der Waals surface area contributed by atoms with E-state index in [2.05, 4.69) is 64.1 Å². The van der Waals surface area contributed by atoms with Gasteiger partial charge in [0.1, 0.15) is 11.2 Å². The Labute approximate surface area is 103 Å². The number of hydrogen-bond acceptors (Lipinski definition) is 1. The van der Waals surface area contributed by atoms with Gasteiger partial charge in [-0.3, -0.25) is 0 Å². The predicted molar refractivity (Wildman–Crippen MR) is 70.6 cm³/mol. The van der Waals surface area contributed by atoms with E-state index in [0.29, 0.717) is 11.8 Å². The average Bonchev–Trinajstić information content (AvgIpc) is 3.01. The van der Waals surface area contributed by atoms with Gasteiger partial charge in [0.2, 0.25) is 0 Å². The molecule has 90 valence electrons. The molecule has 0 spiro atoms. The van der Waals surface area contributed by atoms with E-state index < -0.39 is 0 Å². The lowest BCUT2D eigenvalue weighted by Crippen LogP contribution is -2.34. The molecular formula is C16H20O. The summed E-state index contributed by atoms with van der Waals surface area (Å²) in [4.78, 5) is 0. The molecule has 0 bridgehead atoms. The molecule has 2 unspecified atom stereocenters. The van der Waals surface area contributed by atoms with Crippen LogP contribution in [0.4, 0.5) is 0 Å². The number of fused-ring (bicyclic) bond motifs is 3. The molecule has 1 aromatic carbocycles. The molecule has 1 saturated heterocycles. The molecule has 2 aliphatic rings. The summed E-state index contributed by atoms with van der Waals surface area (Å²) < 4.78 is 6.32. The van der Waals surface area contributed by atoms with E-state index in [0.717, 1.165) is 0 Å². The number of rotatable bonds is 2. The van der Waals surface area contributed by atoms with Crippen molar-refractivity contribution in [2.75, 3.05) is 0 Å². The van der Waals surface area contributed by atoms with Crippen molar-refractivity contribution in [1.29, 1.82) is 0 Å². The van der Waals surface area contributed by atoms with E-state index in [1.54, 1.807) is 0 Å². The van der Waals surface area contributed by atoms with Gasteiger partial charge in [-0.25, -0.2) is 0 Å². The van der Waals surface area contributed by atoms with Crippen molar-refractivity contribution in [3.05, 3.63) is 41.5 Å². The Hall–Kier alpha value is -1.08. The topological polar surface area (TPSA) is 12.5 Å². The summed E-state index contributed by atoms with van der Waals surface area (Å²) >= 11 is 0. The lowest BCUT2D eigenvalue weighted by Gasteiger charge is -2.28. The van der Waals surface area contributed by atoms with Crippen LogP contribution >= 0.6 is 0 Å². The fourth-order valence-corrected chi connectivity index (χ4v) is 3.48. The number of hydrogen-bond donors (Lipinski definition) is 0. The van der Waals surface area contributed by atoms with Crippen LogP contribution in [0, 0.1) is 11.8 Å². The monoisotopic (exact) mass is 228 g/mol. The standard InChI is InChI=1S/C16H20O/c1-11(2)15-10-9-13-7-5-6-8-14(13)16(15,17-15)12(3)4/h5-12H,1-4H3. The minimum Gasteiger partial charge on any atom is -0.352 e. The summed E-state index contributed by atoms with van der Waals surface area (Å²) in [6.07, 6.45) is 4.50. The molecule has 1 nitrogen and oxygen atoms in total. The second kappa shape index (κ2) is 3.23. The maximum Gasteiger partial charge on any atom is 0.130 e. The minimum atomic E-state index is -0.0908. The van der Waals surface area contributed by atoms with E-state index >= 15 is 0 Å². The fourth-order valence-electron chi connectivity index (χ4n) is 3.48. The third-order valence-electron chi connectivity index (χ3n) is 4.41. The van der Waals surface area contributed by atoms with Crippen LogP contribution in [0.5, 0.6) is 0 Å². The van der Waals surface area contributed by atoms with Gasteiger partial charge >= 0.3 is 0 Å². The van der Waals surface area contributed by atoms with Crippen LogP contribution in [0.15, 0.2) is 30.3 Å². The Balaban J connectivity index is 2.21.